The largest absolute Gasteiger partial charge is 0.383 e. The highest BCUT2D eigenvalue weighted by atomic mass is 16.5. The van der Waals surface area contributed by atoms with Gasteiger partial charge in [0.15, 0.2) is 0 Å². The topological polar surface area (TPSA) is 60.2 Å². The first kappa shape index (κ1) is 12.9. The van der Waals surface area contributed by atoms with E-state index < -0.39 is 0 Å². The third kappa shape index (κ3) is 3.79. The van der Waals surface area contributed by atoms with E-state index in [4.69, 9.17) is 10.5 Å². The molecule has 1 rings (SSSR count). The molecule has 0 unspecified atom stereocenters. The second-order valence-corrected chi connectivity index (χ2v) is 4.06. The molecule has 16 heavy (non-hydrogen) atoms. The molecule has 0 radical (unpaired) electrons. The van der Waals surface area contributed by atoms with Gasteiger partial charge < -0.3 is 15.8 Å². The minimum absolute atomic E-state index is 0.412. The van der Waals surface area contributed by atoms with Crippen molar-refractivity contribution in [2.75, 3.05) is 25.6 Å². The molecule has 4 nitrogen and oxygen atoms in total. The van der Waals surface area contributed by atoms with Crippen LogP contribution in [0.15, 0.2) is 12.1 Å². The van der Waals surface area contributed by atoms with Crippen molar-refractivity contribution in [3.05, 3.63) is 23.4 Å². The summed E-state index contributed by atoms with van der Waals surface area (Å²) in [6.45, 7) is 6.23. The molecule has 0 saturated carbocycles. The molecule has 1 heterocycles. The summed E-state index contributed by atoms with van der Waals surface area (Å²) in [5, 5.41) is 3.22. The summed E-state index contributed by atoms with van der Waals surface area (Å²) in [4.78, 5) is 4.53. The Bertz CT molecular complexity index is 326. The average Bonchev–Trinajstić information content (AvgIpc) is 2.29. The minimum Gasteiger partial charge on any atom is -0.383 e. The maximum absolute atomic E-state index is 5.66. The number of aromatic nitrogens is 1. The molecule has 0 spiro atoms. The quantitative estimate of drug-likeness (QED) is 0.721. The van der Waals surface area contributed by atoms with Crippen LogP contribution in [0.1, 0.15) is 31.0 Å². The van der Waals surface area contributed by atoms with E-state index in [-0.39, 0.29) is 0 Å². The highest BCUT2D eigenvalue weighted by molar-refractivity contribution is 5.40. The highest BCUT2D eigenvalue weighted by Crippen LogP contribution is 2.17. The van der Waals surface area contributed by atoms with Crippen molar-refractivity contribution < 1.29 is 4.74 Å². The molecule has 90 valence electrons. The summed E-state index contributed by atoms with van der Waals surface area (Å²) in [5.74, 6) is 1.29. The third-order valence-corrected chi connectivity index (χ3v) is 2.34. The summed E-state index contributed by atoms with van der Waals surface area (Å²) < 4.78 is 4.98. The second kappa shape index (κ2) is 6.45. The standard InChI is InChI=1S/C12H21N3O/c1-9(2)11-6-10(8-13)7-12(15-11)14-4-5-16-3/h6-7,9H,4-5,8,13H2,1-3H3,(H,14,15). The highest BCUT2D eigenvalue weighted by Gasteiger charge is 2.05. The van der Waals surface area contributed by atoms with Gasteiger partial charge >= 0.3 is 0 Å². The summed E-state index contributed by atoms with van der Waals surface area (Å²) in [6.07, 6.45) is 0. The van der Waals surface area contributed by atoms with E-state index >= 15 is 0 Å². The van der Waals surface area contributed by atoms with Crippen molar-refractivity contribution in [2.45, 2.75) is 26.3 Å². The summed E-state index contributed by atoms with van der Waals surface area (Å²) in [7, 11) is 1.69. The zero-order valence-corrected chi connectivity index (χ0v) is 10.3. The van der Waals surface area contributed by atoms with Gasteiger partial charge in [0.25, 0.3) is 0 Å². The molecule has 4 heteroatoms. The number of hydrogen-bond donors (Lipinski definition) is 2. The predicted octanol–water partition coefficient (Wildman–Crippen LogP) is 1.72. The van der Waals surface area contributed by atoms with Crippen LogP contribution in [0.25, 0.3) is 0 Å². The lowest BCUT2D eigenvalue weighted by Gasteiger charge is -2.11. The van der Waals surface area contributed by atoms with E-state index in [0.29, 0.717) is 19.1 Å². The van der Waals surface area contributed by atoms with Gasteiger partial charge in [-0.25, -0.2) is 4.98 Å². The summed E-state index contributed by atoms with van der Waals surface area (Å²) in [6, 6.07) is 4.05. The van der Waals surface area contributed by atoms with E-state index in [0.717, 1.165) is 23.6 Å². The Labute approximate surface area is 97.2 Å². The Morgan fingerprint density at radius 3 is 2.75 bits per heavy atom. The molecule has 0 bridgehead atoms. The van der Waals surface area contributed by atoms with Gasteiger partial charge in [0.1, 0.15) is 5.82 Å². The SMILES string of the molecule is COCCNc1cc(CN)cc(C(C)C)n1. The first-order valence-electron chi connectivity index (χ1n) is 5.61. The van der Waals surface area contributed by atoms with Gasteiger partial charge in [-0.15, -0.1) is 0 Å². The van der Waals surface area contributed by atoms with Gasteiger partial charge in [0, 0.05) is 25.9 Å². The van der Waals surface area contributed by atoms with Gasteiger partial charge in [-0.3, -0.25) is 0 Å². The summed E-state index contributed by atoms with van der Waals surface area (Å²) >= 11 is 0. The van der Waals surface area contributed by atoms with Crippen LogP contribution in [0, 0.1) is 0 Å². The van der Waals surface area contributed by atoms with Crippen LogP contribution >= 0.6 is 0 Å². The van der Waals surface area contributed by atoms with E-state index in [1.54, 1.807) is 7.11 Å². The molecule has 0 atom stereocenters. The Hall–Kier alpha value is -1.13. The van der Waals surface area contributed by atoms with E-state index in [2.05, 4.69) is 30.2 Å². The fourth-order valence-corrected chi connectivity index (χ4v) is 1.40. The van der Waals surface area contributed by atoms with Crippen LogP contribution in [0.5, 0.6) is 0 Å². The fraction of sp³-hybridized carbons (Fsp3) is 0.583. The lowest BCUT2D eigenvalue weighted by atomic mass is 10.1. The van der Waals surface area contributed by atoms with Gasteiger partial charge in [0.05, 0.1) is 6.61 Å². The Balaban J connectivity index is 2.78. The Kier molecular flexibility index (Phi) is 5.22. The maximum atomic E-state index is 5.66. The third-order valence-electron chi connectivity index (χ3n) is 2.34. The minimum atomic E-state index is 0.412. The van der Waals surface area contributed by atoms with Crippen molar-refractivity contribution in [1.29, 1.82) is 0 Å². The lowest BCUT2D eigenvalue weighted by Crippen LogP contribution is -2.11. The first-order valence-corrected chi connectivity index (χ1v) is 5.61. The summed E-state index contributed by atoms with van der Waals surface area (Å²) in [5.41, 5.74) is 7.84. The number of pyridine rings is 1. The molecule has 0 aromatic carbocycles. The fourth-order valence-electron chi connectivity index (χ4n) is 1.40. The van der Waals surface area contributed by atoms with Crippen LogP contribution in [0.4, 0.5) is 5.82 Å². The zero-order chi connectivity index (χ0) is 12.0. The number of methoxy groups -OCH3 is 1. The monoisotopic (exact) mass is 223 g/mol. The van der Waals surface area contributed by atoms with Crippen LogP contribution in [0.2, 0.25) is 0 Å². The molecule has 0 amide bonds. The van der Waals surface area contributed by atoms with Crippen molar-refractivity contribution in [2.24, 2.45) is 5.73 Å². The van der Waals surface area contributed by atoms with Crippen LogP contribution in [0.3, 0.4) is 0 Å². The number of nitrogens with zero attached hydrogens (tertiary/aromatic N) is 1. The number of nitrogens with one attached hydrogen (secondary N) is 1. The Morgan fingerprint density at radius 2 is 2.19 bits per heavy atom. The van der Waals surface area contributed by atoms with E-state index in [1.807, 2.05) is 6.07 Å². The number of anilines is 1. The molecule has 0 aliphatic carbocycles. The lowest BCUT2D eigenvalue weighted by molar-refractivity contribution is 0.210. The molecular weight excluding hydrogens is 202 g/mol. The molecule has 0 fully saturated rings. The average molecular weight is 223 g/mol. The van der Waals surface area contributed by atoms with Crippen molar-refractivity contribution >= 4 is 5.82 Å². The number of ether oxygens (including phenoxy) is 1. The normalized spacial score (nSPS) is 10.8. The van der Waals surface area contributed by atoms with Crippen molar-refractivity contribution in [1.82, 2.24) is 4.98 Å². The molecular formula is C12H21N3O. The van der Waals surface area contributed by atoms with Gasteiger partial charge in [-0.1, -0.05) is 13.8 Å². The molecule has 0 saturated heterocycles. The van der Waals surface area contributed by atoms with Gasteiger partial charge in [0.2, 0.25) is 0 Å². The van der Waals surface area contributed by atoms with Crippen LogP contribution in [-0.4, -0.2) is 25.2 Å². The smallest absolute Gasteiger partial charge is 0.126 e. The number of nitrogens with two attached hydrogens (primary N) is 1. The number of hydrogen-bond acceptors (Lipinski definition) is 4. The number of rotatable bonds is 6. The molecule has 1 aromatic rings. The van der Waals surface area contributed by atoms with Crippen molar-refractivity contribution in [3.63, 3.8) is 0 Å². The molecule has 3 N–H and O–H groups in total. The first-order chi connectivity index (χ1) is 7.67. The molecule has 1 aromatic heterocycles. The molecule has 0 aliphatic rings. The zero-order valence-electron chi connectivity index (χ0n) is 10.3. The Morgan fingerprint density at radius 1 is 1.44 bits per heavy atom. The van der Waals surface area contributed by atoms with Gasteiger partial charge in [-0.2, -0.15) is 0 Å². The van der Waals surface area contributed by atoms with Crippen molar-refractivity contribution in [3.8, 4) is 0 Å². The predicted molar refractivity (Wildman–Crippen MR) is 66.6 cm³/mol. The maximum Gasteiger partial charge on any atom is 0.126 e. The van der Waals surface area contributed by atoms with E-state index in [9.17, 15) is 0 Å². The molecule has 0 aliphatic heterocycles. The second-order valence-electron chi connectivity index (χ2n) is 4.06. The van der Waals surface area contributed by atoms with Gasteiger partial charge in [-0.05, 0) is 23.6 Å². The van der Waals surface area contributed by atoms with Crippen LogP contribution < -0.4 is 11.1 Å². The van der Waals surface area contributed by atoms with Crippen LogP contribution in [-0.2, 0) is 11.3 Å². The van der Waals surface area contributed by atoms with E-state index in [1.165, 1.54) is 0 Å².